The third-order valence-corrected chi connectivity index (χ3v) is 5.52. The van der Waals surface area contributed by atoms with Gasteiger partial charge in [0.25, 0.3) is 0 Å². The fraction of sp³-hybridized carbons (Fsp3) is 0.462. The molecule has 5 nitrogen and oxygen atoms in total. The first-order chi connectivity index (χ1) is 14.6. The van der Waals surface area contributed by atoms with Crippen LogP contribution in [0.25, 0.3) is 0 Å². The summed E-state index contributed by atoms with van der Waals surface area (Å²) in [7, 11) is 0. The maximum atomic E-state index is 12.3. The van der Waals surface area contributed by atoms with Gasteiger partial charge in [-0.25, -0.2) is 4.79 Å². The van der Waals surface area contributed by atoms with E-state index in [0.717, 1.165) is 24.1 Å². The van der Waals surface area contributed by atoms with Crippen LogP contribution in [-0.4, -0.2) is 40.6 Å². The number of esters is 1. The molecule has 0 saturated heterocycles. The second kappa shape index (κ2) is 11.1. The van der Waals surface area contributed by atoms with Crippen LogP contribution in [-0.2, 0) is 4.79 Å². The predicted molar refractivity (Wildman–Crippen MR) is 124 cm³/mol. The van der Waals surface area contributed by atoms with Gasteiger partial charge in [0.15, 0.2) is 0 Å². The Balaban J connectivity index is 2.53. The highest BCUT2D eigenvalue weighted by Crippen LogP contribution is 2.36. The van der Waals surface area contributed by atoms with Gasteiger partial charge in [0.05, 0.1) is 11.5 Å². The molecule has 0 bridgehead atoms. The van der Waals surface area contributed by atoms with Crippen LogP contribution in [0.3, 0.4) is 0 Å². The zero-order valence-electron chi connectivity index (χ0n) is 19.5. The van der Waals surface area contributed by atoms with E-state index in [9.17, 15) is 14.7 Å². The molecule has 1 atom stereocenters. The Morgan fingerprint density at radius 3 is 2.06 bits per heavy atom. The summed E-state index contributed by atoms with van der Waals surface area (Å²) < 4.78 is 5.70. The van der Waals surface area contributed by atoms with Crippen molar-refractivity contribution in [3.63, 3.8) is 0 Å². The molecule has 5 heteroatoms. The second-order valence-electron chi connectivity index (χ2n) is 8.81. The summed E-state index contributed by atoms with van der Waals surface area (Å²) in [5.74, 6) is -1.28. The summed E-state index contributed by atoms with van der Waals surface area (Å²) in [5.41, 5.74) is 1.98. The van der Waals surface area contributed by atoms with Crippen molar-refractivity contribution in [1.82, 2.24) is 4.90 Å². The van der Waals surface area contributed by atoms with E-state index in [1.807, 2.05) is 30.3 Å². The zero-order chi connectivity index (χ0) is 23.1. The third kappa shape index (κ3) is 6.66. The van der Waals surface area contributed by atoms with Crippen LogP contribution in [0.1, 0.15) is 75.4 Å². The number of benzene rings is 2. The Labute approximate surface area is 186 Å². The number of hydrogen-bond acceptors (Lipinski definition) is 4. The number of carboxylic acids is 1. The molecule has 168 valence electrons. The van der Waals surface area contributed by atoms with Crippen molar-refractivity contribution < 1.29 is 19.4 Å². The van der Waals surface area contributed by atoms with Crippen LogP contribution in [0.2, 0.25) is 0 Å². The van der Waals surface area contributed by atoms with E-state index < -0.39 is 5.97 Å². The average Bonchev–Trinajstić information content (AvgIpc) is 2.71. The first kappa shape index (κ1) is 24.6. The second-order valence-corrected chi connectivity index (χ2v) is 8.81. The largest absolute Gasteiger partial charge is 0.478 e. The topological polar surface area (TPSA) is 66.8 Å². The average molecular weight is 426 g/mol. The number of ether oxygens (including phenoxy) is 1. The molecular weight excluding hydrogens is 390 g/mol. The van der Waals surface area contributed by atoms with Crippen molar-refractivity contribution in [2.45, 2.75) is 66.0 Å². The Morgan fingerprint density at radius 2 is 1.55 bits per heavy atom. The van der Waals surface area contributed by atoms with Gasteiger partial charge in [-0.05, 0) is 64.4 Å². The summed E-state index contributed by atoms with van der Waals surface area (Å²) in [6.07, 6.45) is 0.773. The summed E-state index contributed by atoms with van der Waals surface area (Å²) in [5, 5.41) is 9.57. The summed E-state index contributed by atoms with van der Waals surface area (Å²) in [6, 6.07) is 15.5. The number of carboxylic acid groups (broad SMARTS) is 1. The van der Waals surface area contributed by atoms with E-state index in [0.29, 0.717) is 17.8 Å². The molecule has 2 rings (SSSR count). The van der Waals surface area contributed by atoms with E-state index in [1.165, 1.54) is 6.07 Å². The monoisotopic (exact) mass is 425 g/mol. The zero-order valence-corrected chi connectivity index (χ0v) is 19.5. The molecule has 0 spiro atoms. The SMILES string of the molecule is CC(C)C(=O)Oc1ccc(C(=O)O)cc1C(CCN(C(C)C)C(C)C)c1ccccc1. The number of hydrogen-bond donors (Lipinski definition) is 1. The molecule has 2 aromatic carbocycles. The molecule has 0 heterocycles. The first-order valence-corrected chi connectivity index (χ1v) is 11.0. The Morgan fingerprint density at radius 1 is 0.935 bits per heavy atom. The minimum Gasteiger partial charge on any atom is -0.478 e. The van der Waals surface area contributed by atoms with Gasteiger partial charge in [0, 0.05) is 23.6 Å². The highest BCUT2D eigenvalue weighted by Gasteiger charge is 2.24. The molecule has 0 amide bonds. The minimum absolute atomic E-state index is 0.101. The smallest absolute Gasteiger partial charge is 0.335 e. The molecule has 0 aliphatic heterocycles. The van der Waals surface area contributed by atoms with Gasteiger partial charge >= 0.3 is 11.9 Å². The van der Waals surface area contributed by atoms with E-state index in [4.69, 9.17) is 4.74 Å². The Bertz CT molecular complexity index is 866. The third-order valence-electron chi connectivity index (χ3n) is 5.52. The molecule has 0 aliphatic carbocycles. The molecule has 0 saturated carbocycles. The highest BCUT2D eigenvalue weighted by atomic mass is 16.5. The van der Waals surface area contributed by atoms with Crippen molar-refractivity contribution >= 4 is 11.9 Å². The van der Waals surface area contributed by atoms with E-state index in [1.54, 1.807) is 26.0 Å². The number of carbonyl (C=O) groups excluding carboxylic acids is 1. The number of carbonyl (C=O) groups is 2. The molecule has 31 heavy (non-hydrogen) atoms. The fourth-order valence-electron chi connectivity index (χ4n) is 3.85. The Kier molecular flexibility index (Phi) is 8.81. The maximum Gasteiger partial charge on any atom is 0.335 e. The summed E-state index contributed by atoms with van der Waals surface area (Å²) in [4.78, 5) is 26.4. The van der Waals surface area contributed by atoms with Crippen molar-refractivity contribution in [2.24, 2.45) is 5.92 Å². The number of aromatic carboxylic acids is 1. The van der Waals surface area contributed by atoms with Crippen LogP contribution in [0.15, 0.2) is 48.5 Å². The van der Waals surface area contributed by atoms with Crippen LogP contribution >= 0.6 is 0 Å². The van der Waals surface area contributed by atoms with Crippen molar-refractivity contribution in [3.8, 4) is 5.75 Å². The van der Waals surface area contributed by atoms with Gasteiger partial charge in [-0.15, -0.1) is 0 Å². The molecular formula is C26H35NO4. The predicted octanol–water partition coefficient (Wildman–Crippen LogP) is 5.59. The normalized spacial score (nSPS) is 12.6. The van der Waals surface area contributed by atoms with Crippen molar-refractivity contribution in [3.05, 3.63) is 65.2 Å². The fourth-order valence-corrected chi connectivity index (χ4v) is 3.85. The standard InChI is InChI=1S/C26H35NO4/c1-17(2)26(30)31-24-13-12-21(25(28)29)16-23(24)22(20-10-8-7-9-11-20)14-15-27(18(3)4)19(5)6/h7-13,16-19,22H,14-15H2,1-6H3,(H,28,29). The van der Waals surface area contributed by atoms with E-state index in [-0.39, 0.29) is 23.4 Å². The molecule has 0 aliphatic rings. The lowest BCUT2D eigenvalue weighted by atomic mass is 9.86. The lowest BCUT2D eigenvalue weighted by Gasteiger charge is -2.32. The highest BCUT2D eigenvalue weighted by molar-refractivity contribution is 5.88. The van der Waals surface area contributed by atoms with Crippen molar-refractivity contribution in [1.29, 1.82) is 0 Å². The lowest BCUT2D eigenvalue weighted by Crippen LogP contribution is -2.38. The molecule has 2 aromatic rings. The summed E-state index contributed by atoms with van der Waals surface area (Å²) in [6.45, 7) is 13.1. The van der Waals surface area contributed by atoms with Gasteiger partial charge in [0.2, 0.25) is 0 Å². The first-order valence-electron chi connectivity index (χ1n) is 11.0. The molecule has 1 N–H and O–H groups in total. The number of nitrogens with zero attached hydrogens (tertiary/aromatic N) is 1. The van der Waals surface area contributed by atoms with Gasteiger partial charge < -0.3 is 9.84 Å². The number of rotatable bonds is 10. The van der Waals surface area contributed by atoms with Crippen LogP contribution < -0.4 is 4.74 Å². The van der Waals surface area contributed by atoms with E-state index >= 15 is 0 Å². The van der Waals surface area contributed by atoms with E-state index in [2.05, 4.69) is 32.6 Å². The molecule has 0 fully saturated rings. The quantitative estimate of drug-likeness (QED) is 0.397. The minimum atomic E-state index is -0.999. The van der Waals surface area contributed by atoms with Crippen molar-refractivity contribution in [2.75, 3.05) is 6.54 Å². The molecule has 1 unspecified atom stereocenters. The molecule has 0 radical (unpaired) electrons. The lowest BCUT2D eigenvalue weighted by molar-refractivity contribution is -0.137. The molecule has 0 aromatic heterocycles. The van der Waals surface area contributed by atoms with Gasteiger partial charge in [-0.1, -0.05) is 44.2 Å². The summed E-state index contributed by atoms with van der Waals surface area (Å²) >= 11 is 0. The van der Waals surface area contributed by atoms with Gasteiger partial charge in [-0.2, -0.15) is 0 Å². The van der Waals surface area contributed by atoms with Crippen LogP contribution in [0.5, 0.6) is 5.75 Å². The van der Waals surface area contributed by atoms with Crippen LogP contribution in [0, 0.1) is 5.92 Å². The maximum absolute atomic E-state index is 12.3. The van der Waals surface area contributed by atoms with Gasteiger partial charge in [-0.3, -0.25) is 9.69 Å². The van der Waals surface area contributed by atoms with Crippen LogP contribution in [0.4, 0.5) is 0 Å². The van der Waals surface area contributed by atoms with Gasteiger partial charge in [0.1, 0.15) is 5.75 Å². The Hall–Kier alpha value is -2.66.